The van der Waals surface area contributed by atoms with Gasteiger partial charge in [-0.3, -0.25) is 24.2 Å². The molecule has 3 heterocycles. The van der Waals surface area contributed by atoms with Crippen LogP contribution < -0.4 is 16.2 Å². The fourth-order valence-electron chi connectivity index (χ4n) is 7.52. The van der Waals surface area contributed by atoms with Gasteiger partial charge in [-0.1, -0.05) is 19.8 Å². The zero-order valence-corrected chi connectivity index (χ0v) is 30.1. The van der Waals surface area contributed by atoms with Crippen LogP contribution in [0.25, 0.3) is 10.8 Å². The van der Waals surface area contributed by atoms with Crippen LogP contribution in [-0.4, -0.2) is 88.4 Å². The van der Waals surface area contributed by atoms with Crippen LogP contribution in [0.5, 0.6) is 0 Å². The third-order valence-electron chi connectivity index (χ3n) is 11.1. The van der Waals surface area contributed by atoms with Crippen LogP contribution >= 0.6 is 0 Å². The van der Waals surface area contributed by atoms with Crippen molar-refractivity contribution in [3.8, 4) is 18.4 Å². The molecule has 3 amide bonds. The number of pyridine rings is 2. The number of methoxy groups -OCH3 is 1. The Morgan fingerprint density at radius 3 is 2.42 bits per heavy atom. The summed E-state index contributed by atoms with van der Waals surface area (Å²) >= 11 is 0. The monoisotopic (exact) mass is 726 g/mol. The summed E-state index contributed by atoms with van der Waals surface area (Å²) in [6, 6.07) is -1.70. The van der Waals surface area contributed by atoms with E-state index >= 15 is 0 Å². The number of terminal acetylenes is 1. The molecule has 2 N–H and O–H groups in total. The smallest absolute Gasteiger partial charge is 0.383 e. The van der Waals surface area contributed by atoms with Crippen molar-refractivity contribution in [2.45, 2.75) is 115 Å². The number of halogens is 3. The molecule has 12 nitrogen and oxygen atoms in total. The molecule has 2 aromatic heterocycles. The van der Waals surface area contributed by atoms with Gasteiger partial charge in [-0.25, -0.2) is 0 Å². The Hall–Kier alpha value is -4.47. The SMILES string of the molecule is C#Cc1c(=O)n(CCOC)cc2cncc(CCCC(C#N)NC(=O)C3N(C(=O)[C@@H](NC(=O)C(F)(F)F)[C@@H](C)OC4(C)CC4)CC4(CC4)C3(C)C)c12. The quantitative estimate of drug-likeness (QED) is 0.281. The number of aromatic nitrogens is 2. The number of rotatable bonds is 14. The number of aryl methyl sites for hydroxylation is 1. The van der Waals surface area contributed by atoms with Crippen LogP contribution in [0.15, 0.2) is 23.4 Å². The van der Waals surface area contributed by atoms with Crippen molar-refractivity contribution in [2.75, 3.05) is 20.3 Å². The van der Waals surface area contributed by atoms with Gasteiger partial charge >= 0.3 is 12.1 Å². The van der Waals surface area contributed by atoms with Gasteiger partial charge in [0.2, 0.25) is 11.8 Å². The second kappa shape index (κ2) is 14.5. The standard InChI is InChI=1S/C37H45F3N6O6/c1-7-26-27-23(18-42-19-24(27)20-45(31(26)48)15-16-51-6)9-8-10-25(17-41)43-30(47)29-34(3,4)36(13-14-36)21-46(29)32(49)28(44-33(50)37(38,39)40)22(2)52-35(5)11-12-35/h1,18-20,22,25,28-29H,8-16,21H2,2-6H3,(H,43,47)(H,44,50)/t22-,25?,28+,29?/m1/s1. The van der Waals surface area contributed by atoms with E-state index in [-0.39, 0.29) is 24.1 Å². The summed E-state index contributed by atoms with van der Waals surface area (Å²) in [6.45, 7) is 7.63. The molecule has 2 saturated carbocycles. The Kier molecular flexibility index (Phi) is 10.8. The molecule has 2 aromatic rings. The Balaban J connectivity index is 1.33. The van der Waals surface area contributed by atoms with Crippen LogP contribution in [0.4, 0.5) is 13.2 Å². The Bertz CT molecular complexity index is 1870. The molecule has 0 radical (unpaired) electrons. The predicted octanol–water partition coefficient (Wildman–Crippen LogP) is 3.38. The first kappa shape index (κ1) is 38.8. The van der Waals surface area contributed by atoms with Crippen LogP contribution in [0.3, 0.4) is 0 Å². The van der Waals surface area contributed by atoms with Crippen molar-refractivity contribution in [2.24, 2.45) is 10.8 Å². The molecule has 3 aliphatic rings. The average molecular weight is 727 g/mol. The fraction of sp³-hybridized carbons (Fsp3) is 0.622. The molecule has 280 valence electrons. The number of carbonyl (C=O) groups is 3. The zero-order valence-electron chi connectivity index (χ0n) is 30.1. The molecule has 1 aliphatic heterocycles. The Labute approximate surface area is 300 Å². The van der Waals surface area contributed by atoms with E-state index in [1.807, 2.05) is 19.2 Å². The molecule has 1 saturated heterocycles. The van der Waals surface area contributed by atoms with Gasteiger partial charge in [0.15, 0.2) is 0 Å². The summed E-state index contributed by atoms with van der Waals surface area (Å²) in [5, 5.41) is 15.9. The van der Waals surface area contributed by atoms with Crippen molar-refractivity contribution in [1.82, 2.24) is 25.1 Å². The molecule has 3 fully saturated rings. The van der Waals surface area contributed by atoms with E-state index in [4.69, 9.17) is 15.9 Å². The first-order valence-corrected chi connectivity index (χ1v) is 17.4. The fourth-order valence-corrected chi connectivity index (χ4v) is 7.52. The molecule has 15 heteroatoms. The average Bonchev–Trinajstić information content (AvgIpc) is 4.01. The molecular formula is C37H45F3N6O6. The van der Waals surface area contributed by atoms with Gasteiger partial charge in [0.05, 0.1) is 29.9 Å². The van der Waals surface area contributed by atoms with Crippen LogP contribution in [0.2, 0.25) is 0 Å². The highest BCUT2D eigenvalue weighted by Gasteiger charge is 2.67. The summed E-state index contributed by atoms with van der Waals surface area (Å²) in [5.41, 5.74) is -1.31. The summed E-state index contributed by atoms with van der Waals surface area (Å²) in [4.78, 5) is 59.1. The molecule has 0 bridgehead atoms. The number of hydrogen-bond acceptors (Lipinski definition) is 8. The lowest BCUT2D eigenvalue weighted by molar-refractivity contribution is -0.177. The molecular weight excluding hydrogens is 681 g/mol. The maximum atomic E-state index is 14.2. The summed E-state index contributed by atoms with van der Waals surface area (Å²) in [6.07, 6.45) is 8.02. The zero-order chi connectivity index (χ0) is 38.2. The lowest BCUT2D eigenvalue weighted by Crippen LogP contribution is -2.61. The molecule has 1 spiro atoms. The Morgan fingerprint density at radius 2 is 1.85 bits per heavy atom. The van der Waals surface area contributed by atoms with Crippen LogP contribution in [0.1, 0.15) is 77.3 Å². The highest BCUT2D eigenvalue weighted by Crippen LogP contribution is 2.65. The lowest BCUT2D eigenvalue weighted by Gasteiger charge is -2.36. The van der Waals surface area contributed by atoms with Crippen molar-refractivity contribution in [3.05, 3.63) is 40.1 Å². The van der Waals surface area contributed by atoms with Crippen LogP contribution in [0, 0.1) is 34.5 Å². The number of nitrogens with zero attached hydrogens (tertiary/aromatic N) is 4. The van der Waals surface area contributed by atoms with Gasteiger partial charge < -0.3 is 29.6 Å². The van der Waals surface area contributed by atoms with Crippen molar-refractivity contribution in [1.29, 1.82) is 5.26 Å². The molecule has 5 rings (SSSR count). The number of nitrogens with one attached hydrogen (secondary N) is 2. The van der Waals surface area contributed by atoms with Crippen molar-refractivity contribution in [3.63, 3.8) is 0 Å². The number of nitriles is 1. The number of likely N-dealkylation sites (tertiary alicyclic amines) is 1. The Morgan fingerprint density at radius 1 is 1.15 bits per heavy atom. The molecule has 2 aliphatic carbocycles. The summed E-state index contributed by atoms with van der Waals surface area (Å²) in [7, 11) is 1.53. The minimum Gasteiger partial charge on any atom is -0.383 e. The number of alkyl halides is 3. The van der Waals surface area contributed by atoms with Gasteiger partial charge in [0, 0.05) is 55.0 Å². The first-order valence-electron chi connectivity index (χ1n) is 17.4. The highest BCUT2D eigenvalue weighted by atomic mass is 19.4. The number of amides is 3. The van der Waals surface area contributed by atoms with Gasteiger partial charge in [0.1, 0.15) is 18.1 Å². The van der Waals surface area contributed by atoms with Crippen molar-refractivity contribution >= 4 is 28.5 Å². The van der Waals surface area contributed by atoms with Gasteiger partial charge in [-0.2, -0.15) is 18.4 Å². The van der Waals surface area contributed by atoms with Crippen molar-refractivity contribution < 1.29 is 37.0 Å². The van der Waals surface area contributed by atoms with E-state index in [2.05, 4.69) is 22.3 Å². The van der Waals surface area contributed by atoms with E-state index in [1.165, 1.54) is 23.5 Å². The summed E-state index contributed by atoms with van der Waals surface area (Å²) < 4.78 is 52.7. The molecule has 2 unspecified atom stereocenters. The van der Waals surface area contributed by atoms with E-state index in [9.17, 15) is 37.6 Å². The van der Waals surface area contributed by atoms with Gasteiger partial charge in [0.25, 0.3) is 5.56 Å². The lowest BCUT2D eigenvalue weighted by atomic mass is 9.73. The van der Waals surface area contributed by atoms with Gasteiger partial charge in [-0.15, -0.1) is 6.42 Å². The minimum absolute atomic E-state index is 0.106. The van der Waals surface area contributed by atoms with Gasteiger partial charge in [-0.05, 0) is 69.8 Å². The van der Waals surface area contributed by atoms with E-state index in [0.717, 1.165) is 0 Å². The second-order valence-electron chi connectivity index (χ2n) is 15.1. The normalized spacial score (nSPS) is 21.1. The first-order chi connectivity index (χ1) is 24.4. The largest absolute Gasteiger partial charge is 0.471 e. The molecule has 0 aromatic carbocycles. The molecule has 4 atom stereocenters. The number of ether oxygens (including phenoxy) is 2. The minimum atomic E-state index is -5.24. The third kappa shape index (κ3) is 7.66. The highest BCUT2D eigenvalue weighted by molar-refractivity contribution is 5.95. The maximum Gasteiger partial charge on any atom is 0.471 e. The summed E-state index contributed by atoms with van der Waals surface area (Å²) in [5.74, 6) is -1.23. The maximum absolute atomic E-state index is 14.2. The van der Waals surface area contributed by atoms with Crippen LogP contribution in [-0.2, 0) is 36.8 Å². The second-order valence-corrected chi connectivity index (χ2v) is 15.1. The number of fused-ring (bicyclic) bond motifs is 1. The van der Waals surface area contributed by atoms with E-state index < -0.39 is 64.6 Å². The number of hydrogen-bond donors (Lipinski definition) is 2. The molecule has 52 heavy (non-hydrogen) atoms. The van der Waals surface area contributed by atoms with E-state index in [0.29, 0.717) is 68.0 Å². The number of carbonyl (C=O) groups excluding carboxylic acids is 3. The predicted molar refractivity (Wildman–Crippen MR) is 183 cm³/mol. The third-order valence-corrected chi connectivity index (χ3v) is 11.1. The van der Waals surface area contributed by atoms with E-state index in [1.54, 1.807) is 25.5 Å². The topological polar surface area (TPSA) is 156 Å².